The number of aryl methyl sites for hydroxylation is 1. The number of carbonyl (C=O) groups excluding carboxylic acids is 1. The molecule has 0 aliphatic carbocycles. The van der Waals surface area contributed by atoms with Crippen molar-refractivity contribution in [2.45, 2.75) is 19.4 Å². The summed E-state index contributed by atoms with van der Waals surface area (Å²) in [6, 6.07) is 8.78. The van der Waals surface area contributed by atoms with Crippen molar-refractivity contribution in [1.29, 1.82) is 0 Å². The second-order valence-corrected chi connectivity index (χ2v) is 4.93. The highest BCUT2D eigenvalue weighted by molar-refractivity contribution is 5.90. The molecular formula is C16H15N3O4. The number of benzene rings is 1. The van der Waals surface area contributed by atoms with Gasteiger partial charge in [0.1, 0.15) is 6.26 Å². The molecule has 0 radical (unpaired) electrons. The smallest absolute Gasteiger partial charge is 0.227 e. The molecule has 2 N–H and O–H groups in total. The Balaban J connectivity index is 1.54. The summed E-state index contributed by atoms with van der Waals surface area (Å²) in [5.74, 6) is 0.661. The standard InChI is InChI=1S/C16H15N3O4/c20-9-11-2-1-3-13(8-11)17-14(21)4-5-15-18-16(19-23-15)12-6-7-22-10-12/h1-3,6-8,10,20H,4-5,9H2,(H,17,21). The molecule has 0 fully saturated rings. The Kier molecular flexibility index (Phi) is 4.49. The van der Waals surface area contributed by atoms with E-state index in [0.717, 1.165) is 11.1 Å². The maximum atomic E-state index is 11.9. The zero-order valence-electron chi connectivity index (χ0n) is 12.2. The summed E-state index contributed by atoms with van der Waals surface area (Å²) in [5.41, 5.74) is 2.11. The Labute approximate surface area is 131 Å². The van der Waals surface area contributed by atoms with E-state index in [2.05, 4.69) is 15.5 Å². The molecule has 2 heterocycles. The van der Waals surface area contributed by atoms with Crippen molar-refractivity contribution < 1.29 is 18.8 Å². The molecule has 7 nitrogen and oxygen atoms in total. The molecule has 0 spiro atoms. The molecule has 118 valence electrons. The minimum absolute atomic E-state index is 0.0670. The van der Waals surface area contributed by atoms with Gasteiger partial charge in [0.05, 0.1) is 18.4 Å². The van der Waals surface area contributed by atoms with Crippen LogP contribution in [0.1, 0.15) is 17.9 Å². The Morgan fingerprint density at radius 1 is 1.30 bits per heavy atom. The quantitative estimate of drug-likeness (QED) is 0.724. The molecule has 3 aromatic rings. The molecule has 0 unspecified atom stereocenters. The minimum Gasteiger partial charge on any atom is -0.472 e. The summed E-state index contributed by atoms with van der Waals surface area (Å²) in [4.78, 5) is 16.2. The molecule has 0 aliphatic heterocycles. The number of carbonyl (C=O) groups is 1. The highest BCUT2D eigenvalue weighted by atomic mass is 16.5. The third-order valence-electron chi connectivity index (χ3n) is 3.21. The molecule has 0 bridgehead atoms. The van der Waals surface area contributed by atoms with Gasteiger partial charge in [0.25, 0.3) is 0 Å². The maximum absolute atomic E-state index is 11.9. The van der Waals surface area contributed by atoms with Crippen LogP contribution in [0.5, 0.6) is 0 Å². The van der Waals surface area contributed by atoms with Crippen LogP contribution >= 0.6 is 0 Å². The number of aliphatic hydroxyl groups is 1. The first-order chi connectivity index (χ1) is 11.2. The summed E-state index contributed by atoms with van der Waals surface area (Å²) in [7, 11) is 0. The lowest BCUT2D eigenvalue weighted by Gasteiger charge is -2.05. The molecule has 0 saturated carbocycles. The first-order valence-electron chi connectivity index (χ1n) is 7.09. The lowest BCUT2D eigenvalue weighted by molar-refractivity contribution is -0.116. The summed E-state index contributed by atoms with van der Waals surface area (Å²) < 4.78 is 10.1. The predicted molar refractivity (Wildman–Crippen MR) is 81.3 cm³/mol. The van der Waals surface area contributed by atoms with Crippen LogP contribution < -0.4 is 5.32 Å². The van der Waals surface area contributed by atoms with Crippen LogP contribution in [0.3, 0.4) is 0 Å². The first-order valence-corrected chi connectivity index (χ1v) is 7.09. The van der Waals surface area contributed by atoms with Crippen molar-refractivity contribution in [2.75, 3.05) is 5.32 Å². The fourth-order valence-electron chi connectivity index (χ4n) is 2.06. The van der Waals surface area contributed by atoms with Gasteiger partial charge in [-0.05, 0) is 23.8 Å². The number of nitrogens with zero attached hydrogens (tertiary/aromatic N) is 2. The first kappa shape index (κ1) is 15.0. The average molecular weight is 313 g/mol. The van der Waals surface area contributed by atoms with E-state index in [1.54, 1.807) is 30.3 Å². The molecule has 0 aliphatic rings. The van der Waals surface area contributed by atoms with Gasteiger partial charge in [-0.2, -0.15) is 4.98 Å². The van der Waals surface area contributed by atoms with Crippen molar-refractivity contribution in [2.24, 2.45) is 0 Å². The monoisotopic (exact) mass is 313 g/mol. The van der Waals surface area contributed by atoms with Gasteiger partial charge in [-0.15, -0.1) is 0 Å². The van der Waals surface area contributed by atoms with E-state index in [1.807, 2.05) is 0 Å². The lowest BCUT2D eigenvalue weighted by atomic mass is 10.2. The third kappa shape index (κ3) is 3.83. The summed E-state index contributed by atoms with van der Waals surface area (Å²) in [6.07, 6.45) is 3.61. The molecule has 1 aromatic carbocycles. The molecule has 23 heavy (non-hydrogen) atoms. The van der Waals surface area contributed by atoms with Gasteiger partial charge in [0.15, 0.2) is 0 Å². The van der Waals surface area contributed by atoms with Crippen LogP contribution in [0.25, 0.3) is 11.4 Å². The van der Waals surface area contributed by atoms with E-state index < -0.39 is 0 Å². The van der Waals surface area contributed by atoms with Crippen LogP contribution in [0.4, 0.5) is 5.69 Å². The molecule has 0 atom stereocenters. The van der Waals surface area contributed by atoms with Gasteiger partial charge in [-0.25, -0.2) is 0 Å². The number of aliphatic hydroxyl groups excluding tert-OH is 1. The van der Waals surface area contributed by atoms with Crippen molar-refractivity contribution >= 4 is 11.6 Å². The van der Waals surface area contributed by atoms with E-state index in [1.165, 1.54) is 12.5 Å². The number of aromatic nitrogens is 2. The second kappa shape index (κ2) is 6.89. The zero-order chi connectivity index (χ0) is 16.1. The number of hydrogen-bond donors (Lipinski definition) is 2. The molecule has 2 aromatic heterocycles. The SMILES string of the molecule is O=C(CCc1nc(-c2ccoc2)no1)Nc1cccc(CO)c1. The lowest BCUT2D eigenvalue weighted by Crippen LogP contribution is -2.12. The van der Waals surface area contributed by atoms with Gasteiger partial charge in [-0.3, -0.25) is 4.79 Å². The highest BCUT2D eigenvalue weighted by Gasteiger charge is 2.11. The van der Waals surface area contributed by atoms with Crippen LogP contribution in [-0.4, -0.2) is 21.2 Å². The van der Waals surface area contributed by atoms with Crippen molar-refractivity contribution in [3.05, 3.63) is 54.3 Å². The van der Waals surface area contributed by atoms with Gasteiger partial charge in [-0.1, -0.05) is 17.3 Å². The normalized spacial score (nSPS) is 10.7. The van der Waals surface area contributed by atoms with Gasteiger partial charge in [0.2, 0.25) is 17.6 Å². The van der Waals surface area contributed by atoms with E-state index >= 15 is 0 Å². The number of furan rings is 1. The van der Waals surface area contributed by atoms with Crippen molar-refractivity contribution in [3.63, 3.8) is 0 Å². The van der Waals surface area contributed by atoms with E-state index in [-0.39, 0.29) is 18.9 Å². The molecule has 0 saturated heterocycles. The number of anilines is 1. The van der Waals surface area contributed by atoms with Crippen molar-refractivity contribution in [3.8, 4) is 11.4 Å². The number of amides is 1. The zero-order valence-corrected chi connectivity index (χ0v) is 12.2. The fraction of sp³-hybridized carbons (Fsp3) is 0.188. The third-order valence-corrected chi connectivity index (χ3v) is 3.21. The van der Waals surface area contributed by atoms with E-state index in [9.17, 15) is 4.79 Å². The van der Waals surface area contributed by atoms with Gasteiger partial charge < -0.3 is 19.4 Å². The van der Waals surface area contributed by atoms with Crippen LogP contribution in [-0.2, 0) is 17.8 Å². The van der Waals surface area contributed by atoms with E-state index in [4.69, 9.17) is 14.0 Å². The molecule has 7 heteroatoms. The highest BCUT2D eigenvalue weighted by Crippen LogP contribution is 2.16. The Bertz CT molecular complexity index is 780. The fourth-order valence-corrected chi connectivity index (χ4v) is 2.06. The topological polar surface area (TPSA) is 101 Å². The van der Waals surface area contributed by atoms with Gasteiger partial charge >= 0.3 is 0 Å². The second-order valence-electron chi connectivity index (χ2n) is 4.93. The molecular weight excluding hydrogens is 298 g/mol. The van der Waals surface area contributed by atoms with E-state index in [0.29, 0.717) is 23.8 Å². The van der Waals surface area contributed by atoms with Crippen LogP contribution in [0, 0.1) is 0 Å². The summed E-state index contributed by atoms with van der Waals surface area (Å²) in [6.45, 7) is -0.0670. The summed E-state index contributed by atoms with van der Waals surface area (Å²) >= 11 is 0. The molecule has 1 amide bonds. The van der Waals surface area contributed by atoms with Gasteiger partial charge in [0, 0.05) is 18.5 Å². The number of rotatable bonds is 6. The number of nitrogens with one attached hydrogen (secondary N) is 1. The van der Waals surface area contributed by atoms with Crippen LogP contribution in [0.15, 0.2) is 51.8 Å². The number of hydrogen-bond acceptors (Lipinski definition) is 6. The average Bonchev–Trinajstić information content (AvgIpc) is 3.24. The van der Waals surface area contributed by atoms with Crippen molar-refractivity contribution in [1.82, 2.24) is 10.1 Å². The molecule has 3 rings (SSSR count). The minimum atomic E-state index is -0.164. The maximum Gasteiger partial charge on any atom is 0.227 e. The van der Waals surface area contributed by atoms with Crippen LogP contribution in [0.2, 0.25) is 0 Å². The summed E-state index contributed by atoms with van der Waals surface area (Å²) in [5, 5.41) is 15.7. The largest absolute Gasteiger partial charge is 0.472 e. The Hall–Kier alpha value is -2.93. The Morgan fingerprint density at radius 2 is 2.22 bits per heavy atom. The Morgan fingerprint density at radius 3 is 3.00 bits per heavy atom. The predicted octanol–water partition coefficient (Wildman–Crippen LogP) is 2.39.